The van der Waals surface area contributed by atoms with E-state index < -0.39 is 0 Å². The van der Waals surface area contributed by atoms with Crippen LogP contribution in [-0.4, -0.2) is 49.8 Å². The van der Waals surface area contributed by atoms with Gasteiger partial charge in [-0.05, 0) is 38.4 Å². The SMILES string of the molecule is CCc1nc2n(n1)C(=O)C(C(c1cccc(C)c1)N1CCC(C(N)=O)CC1)S2. The molecule has 0 radical (unpaired) electrons. The molecule has 1 aromatic heterocycles. The number of nitrogens with zero attached hydrogens (tertiary/aromatic N) is 4. The molecule has 0 aliphatic carbocycles. The van der Waals surface area contributed by atoms with Crippen molar-refractivity contribution in [3.05, 3.63) is 41.2 Å². The van der Waals surface area contributed by atoms with Crippen molar-refractivity contribution in [3.63, 3.8) is 0 Å². The molecule has 2 aliphatic heterocycles. The molecule has 0 bridgehead atoms. The zero-order chi connectivity index (χ0) is 19.8. The normalized spacial score (nSPS) is 21.6. The van der Waals surface area contributed by atoms with E-state index >= 15 is 0 Å². The number of nitrogens with two attached hydrogens (primary N) is 1. The molecule has 0 spiro atoms. The molecule has 4 rings (SSSR count). The van der Waals surface area contributed by atoms with E-state index in [1.807, 2.05) is 13.0 Å². The zero-order valence-corrected chi connectivity index (χ0v) is 17.0. The van der Waals surface area contributed by atoms with Gasteiger partial charge in [-0.3, -0.25) is 14.5 Å². The fraction of sp³-hybridized carbons (Fsp3) is 0.500. The molecule has 1 saturated heterocycles. The summed E-state index contributed by atoms with van der Waals surface area (Å²) in [5.74, 6) is 0.375. The summed E-state index contributed by atoms with van der Waals surface area (Å²) < 4.78 is 1.47. The molecule has 1 fully saturated rings. The number of amides is 1. The first kappa shape index (κ1) is 19.1. The molecule has 28 heavy (non-hydrogen) atoms. The first-order valence-electron chi connectivity index (χ1n) is 9.74. The lowest BCUT2D eigenvalue weighted by atomic mass is 9.92. The van der Waals surface area contributed by atoms with E-state index in [4.69, 9.17) is 5.73 Å². The lowest BCUT2D eigenvalue weighted by Gasteiger charge is -2.38. The van der Waals surface area contributed by atoms with Gasteiger partial charge in [0.2, 0.25) is 5.91 Å². The molecule has 2 atom stereocenters. The number of carbonyl (C=O) groups excluding carboxylic acids is 2. The van der Waals surface area contributed by atoms with Crippen molar-refractivity contribution in [2.75, 3.05) is 13.1 Å². The van der Waals surface area contributed by atoms with Crippen molar-refractivity contribution in [1.29, 1.82) is 0 Å². The summed E-state index contributed by atoms with van der Waals surface area (Å²) in [6.07, 6.45) is 2.17. The number of likely N-dealkylation sites (tertiary alicyclic amines) is 1. The summed E-state index contributed by atoms with van der Waals surface area (Å²) in [5.41, 5.74) is 7.78. The summed E-state index contributed by atoms with van der Waals surface area (Å²) in [6, 6.07) is 8.23. The Morgan fingerprint density at radius 1 is 1.36 bits per heavy atom. The fourth-order valence-corrected chi connectivity index (χ4v) is 5.36. The van der Waals surface area contributed by atoms with Gasteiger partial charge in [-0.15, -0.1) is 5.10 Å². The molecule has 2 aliphatic rings. The van der Waals surface area contributed by atoms with E-state index in [9.17, 15) is 9.59 Å². The van der Waals surface area contributed by atoms with Gasteiger partial charge in [-0.1, -0.05) is 48.5 Å². The van der Waals surface area contributed by atoms with E-state index in [1.54, 1.807) is 0 Å². The van der Waals surface area contributed by atoms with Crippen LogP contribution in [0.15, 0.2) is 29.4 Å². The molecule has 2 N–H and O–H groups in total. The second-order valence-corrected chi connectivity index (χ2v) is 8.63. The number of aromatic nitrogens is 3. The summed E-state index contributed by atoms with van der Waals surface area (Å²) in [6.45, 7) is 5.53. The highest BCUT2D eigenvalue weighted by Gasteiger charge is 2.43. The third-order valence-corrected chi connectivity index (χ3v) is 6.81. The number of carbonyl (C=O) groups is 2. The van der Waals surface area contributed by atoms with Crippen molar-refractivity contribution in [2.24, 2.45) is 11.7 Å². The van der Waals surface area contributed by atoms with Gasteiger partial charge in [-0.2, -0.15) is 4.68 Å². The second-order valence-electron chi connectivity index (χ2n) is 7.52. The van der Waals surface area contributed by atoms with Crippen LogP contribution in [0.2, 0.25) is 0 Å². The molecule has 0 saturated carbocycles. The van der Waals surface area contributed by atoms with E-state index in [1.165, 1.54) is 16.4 Å². The summed E-state index contributed by atoms with van der Waals surface area (Å²) >= 11 is 1.50. The number of benzene rings is 1. The van der Waals surface area contributed by atoms with Crippen LogP contribution in [-0.2, 0) is 11.2 Å². The van der Waals surface area contributed by atoms with Crippen molar-refractivity contribution >= 4 is 23.6 Å². The average molecular weight is 400 g/mol. The van der Waals surface area contributed by atoms with E-state index in [0.29, 0.717) is 17.4 Å². The molecular weight excluding hydrogens is 374 g/mol. The molecule has 1 aromatic carbocycles. The zero-order valence-electron chi connectivity index (χ0n) is 16.2. The van der Waals surface area contributed by atoms with Crippen LogP contribution >= 0.6 is 11.8 Å². The maximum atomic E-state index is 13.2. The number of piperidine rings is 1. The van der Waals surface area contributed by atoms with Crippen LogP contribution in [0.1, 0.15) is 47.6 Å². The number of primary amides is 1. The van der Waals surface area contributed by atoms with Gasteiger partial charge < -0.3 is 5.73 Å². The largest absolute Gasteiger partial charge is 0.369 e. The lowest BCUT2D eigenvalue weighted by molar-refractivity contribution is -0.123. The molecule has 148 valence electrons. The van der Waals surface area contributed by atoms with Gasteiger partial charge in [0.05, 0.1) is 6.04 Å². The van der Waals surface area contributed by atoms with Gasteiger partial charge in [0.15, 0.2) is 11.0 Å². The summed E-state index contributed by atoms with van der Waals surface area (Å²) in [7, 11) is 0. The number of hydrogen-bond donors (Lipinski definition) is 1. The molecular formula is C20H25N5O2S. The van der Waals surface area contributed by atoms with Crippen molar-refractivity contribution in [3.8, 4) is 0 Å². The molecule has 8 heteroatoms. The lowest BCUT2D eigenvalue weighted by Crippen LogP contribution is -2.45. The standard InChI is InChI=1S/C20H25N5O2S/c1-3-15-22-20-25(23-15)19(27)17(28-20)16(14-6-4-5-12(2)11-14)24-9-7-13(8-10-24)18(21)26/h4-6,11,13,16-17H,3,7-10H2,1-2H3,(H2,21,26). The average Bonchev–Trinajstić information content (AvgIpc) is 3.22. The minimum atomic E-state index is -0.298. The topological polar surface area (TPSA) is 94.1 Å². The highest BCUT2D eigenvalue weighted by atomic mass is 32.2. The first-order valence-corrected chi connectivity index (χ1v) is 10.6. The third-order valence-electron chi connectivity index (χ3n) is 5.62. The van der Waals surface area contributed by atoms with E-state index in [-0.39, 0.29) is 29.0 Å². The maximum Gasteiger partial charge on any atom is 0.264 e. The Hall–Kier alpha value is -2.19. The fourth-order valence-electron chi connectivity index (χ4n) is 4.09. The molecule has 3 heterocycles. The number of aryl methyl sites for hydroxylation is 2. The Labute approximate surface area is 168 Å². The first-order chi connectivity index (χ1) is 13.5. The minimum absolute atomic E-state index is 0.0178. The second kappa shape index (κ2) is 7.67. The van der Waals surface area contributed by atoms with Crippen LogP contribution in [0, 0.1) is 12.8 Å². The Morgan fingerprint density at radius 2 is 2.11 bits per heavy atom. The van der Waals surface area contributed by atoms with Crippen LogP contribution < -0.4 is 5.73 Å². The van der Waals surface area contributed by atoms with Gasteiger partial charge in [-0.25, -0.2) is 4.98 Å². The molecule has 7 nitrogen and oxygen atoms in total. The predicted molar refractivity (Wildman–Crippen MR) is 107 cm³/mol. The van der Waals surface area contributed by atoms with Crippen LogP contribution in [0.3, 0.4) is 0 Å². The van der Waals surface area contributed by atoms with E-state index in [0.717, 1.165) is 37.1 Å². The van der Waals surface area contributed by atoms with Crippen molar-refractivity contribution < 1.29 is 9.59 Å². The molecule has 2 unspecified atom stereocenters. The van der Waals surface area contributed by atoms with E-state index in [2.05, 4.69) is 40.1 Å². The highest BCUT2D eigenvalue weighted by Crippen LogP contribution is 2.42. The molecule has 1 amide bonds. The van der Waals surface area contributed by atoms with Crippen LogP contribution in [0.25, 0.3) is 0 Å². The Balaban J connectivity index is 1.64. The number of rotatable bonds is 5. The Morgan fingerprint density at radius 3 is 2.71 bits per heavy atom. The maximum absolute atomic E-state index is 13.2. The smallest absolute Gasteiger partial charge is 0.264 e. The summed E-state index contributed by atoms with van der Waals surface area (Å²) in [5, 5.41) is 4.75. The number of thioether (sulfide) groups is 1. The number of fused-ring (bicyclic) bond motifs is 1. The predicted octanol–water partition coefficient (Wildman–Crippen LogP) is 2.20. The highest BCUT2D eigenvalue weighted by molar-refractivity contribution is 8.00. The monoisotopic (exact) mass is 399 g/mol. The van der Waals surface area contributed by atoms with Gasteiger partial charge >= 0.3 is 0 Å². The van der Waals surface area contributed by atoms with Gasteiger partial charge in [0, 0.05) is 12.3 Å². The Bertz CT molecular complexity index is 904. The van der Waals surface area contributed by atoms with Crippen LogP contribution in [0.4, 0.5) is 0 Å². The molecule has 2 aromatic rings. The Kier molecular flexibility index (Phi) is 5.25. The van der Waals surface area contributed by atoms with Crippen molar-refractivity contribution in [1.82, 2.24) is 19.7 Å². The van der Waals surface area contributed by atoms with Crippen LogP contribution in [0.5, 0.6) is 0 Å². The van der Waals surface area contributed by atoms with Crippen molar-refractivity contribution in [2.45, 2.75) is 49.6 Å². The number of hydrogen-bond acceptors (Lipinski definition) is 6. The van der Waals surface area contributed by atoms with Gasteiger partial charge in [0.25, 0.3) is 5.91 Å². The minimum Gasteiger partial charge on any atom is -0.369 e. The summed E-state index contributed by atoms with van der Waals surface area (Å²) in [4.78, 5) is 31.5. The van der Waals surface area contributed by atoms with Gasteiger partial charge in [0.1, 0.15) is 5.25 Å². The third kappa shape index (κ3) is 3.46. The quantitative estimate of drug-likeness (QED) is 0.828.